The van der Waals surface area contributed by atoms with Gasteiger partial charge in [0.25, 0.3) is 5.91 Å². The molecular weight excluding hydrogens is 483 g/mol. The number of anilines is 2. The summed E-state index contributed by atoms with van der Waals surface area (Å²) < 4.78 is 0. The van der Waals surface area contributed by atoms with Crippen LogP contribution >= 0.6 is 34.4 Å². The maximum atomic E-state index is 12.7. The quantitative estimate of drug-likeness (QED) is 0.235. The van der Waals surface area contributed by atoms with Crippen LogP contribution in [0.3, 0.4) is 0 Å². The normalized spacial score (nSPS) is 10.8. The van der Waals surface area contributed by atoms with E-state index in [4.69, 9.17) is 0 Å². The van der Waals surface area contributed by atoms with Crippen LogP contribution < -0.4 is 10.6 Å². The highest BCUT2D eigenvalue weighted by Crippen LogP contribution is 2.29. The van der Waals surface area contributed by atoms with E-state index in [2.05, 4.69) is 15.6 Å². The number of hydrogen-bond donors (Lipinski definition) is 2. The van der Waals surface area contributed by atoms with Crippen molar-refractivity contribution in [3.05, 3.63) is 95.2 Å². The minimum atomic E-state index is -0.170. The first-order valence-electron chi connectivity index (χ1n) is 10.5. The molecule has 0 aliphatic heterocycles. The maximum absolute atomic E-state index is 12.7. The summed E-state index contributed by atoms with van der Waals surface area (Å²) in [6.07, 6.45) is 0. The van der Waals surface area contributed by atoms with Gasteiger partial charge in [0.15, 0.2) is 5.13 Å². The van der Waals surface area contributed by atoms with Gasteiger partial charge in [-0.25, -0.2) is 4.98 Å². The molecule has 0 atom stereocenters. The summed E-state index contributed by atoms with van der Waals surface area (Å²) in [4.78, 5) is 31.6. The van der Waals surface area contributed by atoms with Gasteiger partial charge in [-0.1, -0.05) is 42.5 Å². The Bertz CT molecular complexity index is 1460. The molecular formula is C26H19N3O2S3. The summed E-state index contributed by atoms with van der Waals surface area (Å²) in [6, 6.07) is 25.1. The number of nitrogens with one attached hydrogen (secondary N) is 2. The first-order valence-corrected chi connectivity index (χ1v) is 13.2. The van der Waals surface area contributed by atoms with Crippen LogP contribution in [0.25, 0.3) is 21.3 Å². The molecule has 3 aromatic carbocycles. The lowest BCUT2D eigenvalue weighted by Crippen LogP contribution is -2.14. The molecule has 8 heteroatoms. The van der Waals surface area contributed by atoms with Gasteiger partial charge in [0, 0.05) is 21.5 Å². The smallest absolute Gasteiger partial charge is 0.255 e. The van der Waals surface area contributed by atoms with Crippen molar-refractivity contribution in [2.45, 2.75) is 4.90 Å². The molecule has 0 aliphatic carbocycles. The molecule has 2 amide bonds. The van der Waals surface area contributed by atoms with Crippen LogP contribution in [-0.2, 0) is 4.79 Å². The highest BCUT2D eigenvalue weighted by atomic mass is 32.2. The van der Waals surface area contributed by atoms with E-state index < -0.39 is 0 Å². The number of hydrogen-bond acceptors (Lipinski definition) is 6. The van der Waals surface area contributed by atoms with Crippen molar-refractivity contribution in [1.29, 1.82) is 0 Å². The molecule has 5 aromatic rings. The van der Waals surface area contributed by atoms with E-state index in [0.29, 0.717) is 16.4 Å². The van der Waals surface area contributed by atoms with Gasteiger partial charge in [0.2, 0.25) is 5.91 Å². The summed E-state index contributed by atoms with van der Waals surface area (Å²) in [6.45, 7) is 0. The van der Waals surface area contributed by atoms with E-state index in [0.717, 1.165) is 26.2 Å². The van der Waals surface area contributed by atoms with Crippen LogP contribution in [0.15, 0.2) is 94.5 Å². The van der Waals surface area contributed by atoms with Gasteiger partial charge < -0.3 is 10.6 Å². The summed E-state index contributed by atoms with van der Waals surface area (Å²) in [5.74, 6) is -0.0469. The predicted octanol–water partition coefficient (Wildman–Crippen LogP) is 7.01. The highest BCUT2D eigenvalue weighted by molar-refractivity contribution is 8.00. The molecule has 2 heterocycles. The Labute approximate surface area is 208 Å². The second-order valence-corrected chi connectivity index (χ2v) is 10.3. The molecule has 0 saturated heterocycles. The van der Waals surface area contributed by atoms with Gasteiger partial charge in [0.1, 0.15) is 0 Å². The van der Waals surface area contributed by atoms with Crippen LogP contribution in [-0.4, -0.2) is 22.6 Å². The molecule has 168 valence electrons. The van der Waals surface area contributed by atoms with Crippen molar-refractivity contribution in [2.75, 3.05) is 16.4 Å². The van der Waals surface area contributed by atoms with E-state index in [9.17, 15) is 9.59 Å². The van der Waals surface area contributed by atoms with Crippen LogP contribution in [0.2, 0.25) is 0 Å². The Morgan fingerprint density at radius 2 is 1.74 bits per heavy atom. The lowest BCUT2D eigenvalue weighted by atomic mass is 10.1. The summed E-state index contributed by atoms with van der Waals surface area (Å²) >= 11 is 4.44. The molecule has 0 spiro atoms. The predicted molar refractivity (Wildman–Crippen MR) is 143 cm³/mol. The van der Waals surface area contributed by atoms with Crippen LogP contribution in [0.4, 0.5) is 10.8 Å². The van der Waals surface area contributed by atoms with Crippen molar-refractivity contribution in [2.24, 2.45) is 0 Å². The number of fused-ring (bicyclic) bond motifs is 1. The van der Waals surface area contributed by atoms with Crippen molar-refractivity contribution in [1.82, 2.24) is 4.98 Å². The third-order valence-electron chi connectivity index (χ3n) is 5.00. The van der Waals surface area contributed by atoms with Gasteiger partial charge in [-0.05, 0) is 52.6 Å². The largest absolute Gasteiger partial charge is 0.322 e. The average molecular weight is 502 g/mol. The zero-order valence-electron chi connectivity index (χ0n) is 17.9. The summed E-state index contributed by atoms with van der Waals surface area (Å²) in [5.41, 5.74) is 2.16. The summed E-state index contributed by atoms with van der Waals surface area (Å²) in [5, 5.41) is 12.5. The molecule has 5 nitrogen and oxygen atoms in total. The fourth-order valence-corrected chi connectivity index (χ4v) is 5.61. The average Bonchev–Trinajstić information content (AvgIpc) is 3.55. The SMILES string of the molecule is O=C(CSc1cccc(NC(=O)c2ccc3ccccc3c2)c1)Nc1nc(-c2cccs2)cs1. The first kappa shape index (κ1) is 22.3. The zero-order chi connectivity index (χ0) is 23.3. The molecule has 0 saturated carbocycles. The number of amides is 2. The van der Waals surface area contributed by atoms with Gasteiger partial charge in [-0.3, -0.25) is 9.59 Å². The van der Waals surface area contributed by atoms with Crippen molar-refractivity contribution < 1.29 is 9.59 Å². The molecule has 0 fully saturated rings. The molecule has 0 bridgehead atoms. The van der Waals surface area contributed by atoms with Crippen LogP contribution in [0, 0.1) is 0 Å². The Kier molecular flexibility index (Phi) is 6.71. The monoisotopic (exact) mass is 501 g/mol. The van der Waals surface area contributed by atoms with Crippen molar-refractivity contribution >= 4 is 67.8 Å². The fourth-order valence-electron chi connectivity index (χ4n) is 3.37. The maximum Gasteiger partial charge on any atom is 0.255 e. The standard InChI is InChI=1S/C26H19N3O2S3/c30-24(29-26-28-22(15-34-26)23-9-4-12-32-23)16-33-21-8-3-7-20(14-21)27-25(31)19-11-10-17-5-1-2-6-18(17)13-19/h1-15H,16H2,(H,27,31)(H,28,29,30). The highest BCUT2D eigenvalue weighted by Gasteiger charge is 2.11. The van der Waals surface area contributed by atoms with Gasteiger partial charge >= 0.3 is 0 Å². The number of carbonyl (C=O) groups is 2. The molecule has 2 aromatic heterocycles. The zero-order valence-corrected chi connectivity index (χ0v) is 20.3. The first-order chi connectivity index (χ1) is 16.6. The Morgan fingerprint density at radius 3 is 2.59 bits per heavy atom. The van der Waals surface area contributed by atoms with Crippen LogP contribution in [0.1, 0.15) is 10.4 Å². The third kappa shape index (κ3) is 5.36. The number of aromatic nitrogens is 1. The minimum absolute atomic E-state index is 0.123. The summed E-state index contributed by atoms with van der Waals surface area (Å²) in [7, 11) is 0. The number of rotatable bonds is 7. The molecule has 0 radical (unpaired) electrons. The molecule has 0 unspecified atom stereocenters. The number of thiazole rings is 1. The van der Waals surface area contributed by atoms with Crippen molar-refractivity contribution in [3.63, 3.8) is 0 Å². The second kappa shape index (κ2) is 10.2. The molecule has 0 aliphatic rings. The number of thiophene rings is 1. The topological polar surface area (TPSA) is 71.1 Å². The number of carbonyl (C=O) groups excluding carboxylic acids is 2. The molecule has 2 N–H and O–H groups in total. The fraction of sp³-hybridized carbons (Fsp3) is 0.0385. The lowest BCUT2D eigenvalue weighted by Gasteiger charge is -2.08. The van der Waals surface area contributed by atoms with E-state index in [-0.39, 0.29) is 17.6 Å². The Balaban J connectivity index is 1.17. The van der Waals surface area contributed by atoms with E-state index in [1.54, 1.807) is 11.3 Å². The Hall–Kier alpha value is -3.46. The third-order valence-corrected chi connectivity index (χ3v) is 7.64. The Morgan fingerprint density at radius 1 is 0.853 bits per heavy atom. The second-order valence-electron chi connectivity index (χ2n) is 7.40. The van der Waals surface area contributed by atoms with E-state index in [1.165, 1.54) is 23.1 Å². The lowest BCUT2D eigenvalue weighted by molar-refractivity contribution is -0.113. The van der Waals surface area contributed by atoms with E-state index in [1.807, 2.05) is 89.6 Å². The molecule has 34 heavy (non-hydrogen) atoms. The number of nitrogens with zero attached hydrogens (tertiary/aromatic N) is 1. The van der Waals surface area contributed by atoms with Crippen molar-refractivity contribution in [3.8, 4) is 10.6 Å². The van der Waals surface area contributed by atoms with Gasteiger partial charge in [-0.15, -0.1) is 34.4 Å². The number of thioether (sulfide) groups is 1. The number of benzene rings is 3. The molecule has 5 rings (SSSR count). The minimum Gasteiger partial charge on any atom is -0.322 e. The van der Waals surface area contributed by atoms with Crippen LogP contribution in [0.5, 0.6) is 0 Å². The van der Waals surface area contributed by atoms with E-state index >= 15 is 0 Å². The van der Waals surface area contributed by atoms with Gasteiger partial charge in [-0.2, -0.15) is 0 Å². The van der Waals surface area contributed by atoms with Gasteiger partial charge in [0.05, 0.1) is 16.3 Å².